The molecule has 0 bridgehead atoms. The molecule has 1 aromatic carbocycles. The van der Waals surface area contributed by atoms with Gasteiger partial charge in [0.15, 0.2) is 12.4 Å². The van der Waals surface area contributed by atoms with Gasteiger partial charge in [0, 0.05) is 6.07 Å². The lowest BCUT2D eigenvalue weighted by Crippen LogP contribution is -2.21. The van der Waals surface area contributed by atoms with E-state index >= 15 is 0 Å². The van der Waals surface area contributed by atoms with Crippen molar-refractivity contribution in [2.45, 2.75) is 6.92 Å². The summed E-state index contributed by atoms with van der Waals surface area (Å²) in [4.78, 5) is 23.6. The lowest BCUT2D eigenvalue weighted by molar-refractivity contribution is -0.142. The van der Waals surface area contributed by atoms with E-state index in [1.807, 2.05) is 0 Å². The number of rotatable bonds is 6. The fourth-order valence-electron chi connectivity index (χ4n) is 1.82. The summed E-state index contributed by atoms with van der Waals surface area (Å²) in [6.45, 7) is 1.12. The van der Waals surface area contributed by atoms with Crippen LogP contribution in [0.1, 0.15) is 11.3 Å². The molecule has 0 saturated heterocycles. The number of amides is 1. The number of nitriles is 1. The third-order valence-corrected chi connectivity index (χ3v) is 3.00. The van der Waals surface area contributed by atoms with Crippen molar-refractivity contribution in [3.05, 3.63) is 47.2 Å². The van der Waals surface area contributed by atoms with E-state index in [4.69, 9.17) is 19.3 Å². The molecule has 0 saturated carbocycles. The first-order valence-electron chi connectivity index (χ1n) is 7.18. The van der Waals surface area contributed by atoms with Crippen LogP contribution in [0.4, 0.5) is 5.82 Å². The summed E-state index contributed by atoms with van der Waals surface area (Å²) < 4.78 is 14.7. The van der Waals surface area contributed by atoms with Gasteiger partial charge in [-0.3, -0.25) is 4.79 Å². The highest BCUT2D eigenvalue weighted by atomic mass is 16.5. The second-order valence-corrected chi connectivity index (χ2v) is 4.89. The number of carbonyl (C=O) groups is 2. The lowest BCUT2D eigenvalue weighted by Gasteiger charge is -2.04. The lowest BCUT2D eigenvalue weighted by atomic mass is 10.1. The van der Waals surface area contributed by atoms with E-state index in [0.717, 1.165) is 0 Å². The molecule has 0 aliphatic carbocycles. The van der Waals surface area contributed by atoms with E-state index in [2.05, 4.69) is 10.5 Å². The fourth-order valence-corrected chi connectivity index (χ4v) is 1.82. The van der Waals surface area contributed by atoms with E-state index in [-0.39, 0.29) is 11.4 Å². The minimum absolute atomic E-state index is 0.216. The summed E-state index contributed by atoms with van der Waals surface area (Å²) in [5.74, 6) is -0.0968. The van der Waals surface area contributed by atoms with Gasteiger partial charge in [-0.1, -0.05) is 17.3 Å². The van der Waals surface area contributed by atoms with Crippen LogP contribution in [0.3, 0.4) is 0 Å². The van der Waals surface area contributed by atoms with Gasteiger partial charge in [0.2, 0.25) is 0 Å². The predicted octanol–water partition coefficient (Wildman–Crippen LogP) is 2.08. The monoisotopic (exact) mass is 341 g/mol. The van der Waals surface area contributed by atoms with Gasteiger partial charge in [0.1, 0.15) is 23.2 Å². The number of nitrogens with one attached hydrogen (secondary N) is 1. The molecule has 25 heavy (non-hydrogen) atoms. The molecule has 0 radical (unpaired) electrons. The number of anilines is 1. The summed E-state index contributed by atoms with van der Waals surface area (Å²) in [6, 6.07) is 10.0. The van der Waals surface area contributed by atoms with Crippen LogP contribution in [0.2, 0.25) is 0 Å². The maximum absolute atomic E-state index is 11.9. The Labute approximate surface area is 143 Å². The van der Waals surface area contributed by atoms with Gasteiger partial charge in [0.05, 0.1) is 7.11 Å². The number of esters is 1. The molecule has 2 aromatic rings. The van der Waals surface area contributed by atoms with Gasteiger partial charge in [-0.2, -0.15) is 5.26 Å². The Kier molecular flexibility index (Phi) is 5.90. The van der Waals surface area contributed by atoms with Crippen LogP contribution in [0, 0.1) is 18.3 Å². The zero-order valence-corrected chi connectivity index (χ0v) is 13.6. The normalized spacial score (nSPS) is 10.7. The van der Waals surface area contributed by atoms with Crippen molar-refractivity contribution in [1.29, 1.82) is 5.26 Å². The van der Waals surface area contributed by atoms with E-state index in [0.29, 0.717) is 17.1 Å². The number of aromatic nitrogens is 1. The van der Waals surface area contributed by atoms with Crippen LogP contribution in [0.15, 0.2) is 40.4 Å². The Morgan fingerprint density at radius 2 is 2.08 bits per heavy atom. The number of aryl methyl sites for hydroxylation is 1. The molecule has 0 spiro atoms. The number of ether oxygens (including phenoxy) is 2. The molecule has 0 fully saturated rings. The second kappa shape index (κ2) is 8.31. The van der Waals surface area contributed by atoms with Crippen molar-refractivity contribution in [3.63, 3.8) is 0 Å². The Morgan fingerprint density at radius 3 is 2.64 bits per heavy atom. The molecule has 0 atom stereocenters. The van der Waals surface area contributed by atoms with E-state index in [9.17, 15) is 9.59 Å². The van der Waals surface area contributed by atoms with E-state index < -0.39 is 18.5 Å². The van der Waals surface area contributed by atoms with Crippen LogP contribution in [-0.2, 0) is 14.3 Å². The van der Waals surface area contributed by atoms with Gasteiger partial charge >= 0.3 is 5.97 Å². The summed E-state index contributed by atoms with van der Waals surface area (Å²) in [5.41, 5.74) is 0.395. The van der Waals surface area contributed by atoms with Crippen molar-refractivity contribution >= 4 is 23.8 Å². The Balaban J connectivity index is 1.93. The fraction of sp³-hybridized carbons (Fsp3) is 0.176. The molecular weight excluding hydrogens is 326 g/mol. The maximum atomic E-state index is 11.9. The van der Waals surface area contributed by atoms with Crippen LogP contribution < -0.4 is 10.1 Å². The van der Waals surface area contributed by atoms with Crippen LogP contribution in [0.25, 0.3) is 6.08 Å². The highest BCUT2D eigenvalue weighted by Gasteiger charge is 2.14. The minimum Gasteiger partial charge on any atom is -0.497 e. The van der Waals surface area contributed by atoms with Crippen LogP contribution in [0.5, 0.6) is 5.75 Å². The van der Waals surface area contributed by atoms with Gasteiger partial charge in [-0.15, -0.1) is 0 Å². The quantitative estimate of drug-likeness (QED) is 0.486. The van der Waals surface area contributed by atoms with Crippen molar-refractivity contribution in [1.82, 2.24) is 5.16 Å². The van der Waals surface area contributed by atoms with Crippen LogP contribution >= 0.6 is 0 Å². The third kappa shape index (κ3) is 5.21. The summed E-state index contributed by atoms with van der Waals surface area (Å²) in [6.07, 6.45) is 1.36. The molecular formula is C17H15N3O5. The first kappa shape index (κ1) is 17.7. The maximum Gasteiger partial charge on any atom is 0.349 e. The first-order valence-corrected chi connectivity index (χ1v) is 7.18. The summed E-state index contributed by atoms with van der Waals surface area (Å²) >= 11 is 0. The number of hydrogen-bond donors (Lipinski definition) is 1. The molecule has 1 N–H and O–H groups in total. The number of hydrogen-bond acceptors (Lipinski definition) is 7. The standard InChI is InChI=1S/C17H15N3O5/c1-11-7-15(20-25-11)19-16(21)10-24-17(22)13(9-18)8-12-3-5-14(23-2)6-4-12/h3-8H,10H2,1-2H3,(H,19,20,21)/b13-8+. The largest absolute Gasteiger partial charge is 0.497 e. The molecule has 128 valence electrons. The highest BCUT2D eigenvalue weighted by Crippen LogP contribution is 2.14. The number of carbonyl (C=O) groups excluding carboxylic acids is 2. The molecule has 2 rings (SSSR count). The minimum atomic E-state index is -0.898. The molecule has 8 nitrogen and oxygen atoms in total. The molecule has 8 heteroatoms. The SMILES string of the molecule is COc1ccc(/C=C(\C#N)C(=O)OCC(=O)Nc2cc(C)on2)cc1. The van der Waals surface area contributed by atoms with Crippen molar-refractivity contribution < 1.29 is 23.6 Å². The third-order valence-electron chi connectivity index (χ3n) is 3.00. The van der Waals surface area contributed by atoms with E-state index in [1.54, 1.807) is 37.3 Å². The zero-order chi connectivity index (χ0) is 18.2. The smallest absolute Gasteiger partial charge is 0.349 e. The molecule has 0 unspecified atom stereocenters. The summed E-state index contributed by atoms with van der Waals surface area (Å²) in [5, 5.41) is 15.1. The average molecular weight is 341 g/mol. The van der Waals surface area contributed by atoms with Gasteiger partial charge in [0.25, 0.3) is 5.91 Å². The topological polar surface area (TPSA) is 114 Å². The second-order valence-electron chi connectivity index (χ2n) is 4.89. The molecule has 0 aliphatic heterocycles. The van der Waals surface area contributed by atoms with Crippen LogP contribution in [-0.4, -0.2) is 30.7 Å². The van der Waals surface area contributed by atoms with Gasteiger partial charge < -0.3 is 19.3 Å². The average Bonchev–Trinajstić information content (AvgIpc) is 3.02. The Bertz CT molecular complexity index is 831. The Hall–Kier alpha value is -3.60. The molecule has 1 heterocycles. The summed E-state index contributed by atoms with van der Waals surface area (Å²) in [7, 11) is 1.54. The van der Waals surface area contributed by atoms with Gasteiger partial charge in [-0.25, -0.2) is 4.79 Å². The first-order chi connectivity index (χ1) is 12.0. The number of nitrogens with zero attached hydrogens (tertiary/aromatic N) is 2. The van der Waals surface area contributed by atoms with Crippen molar-refractivity contribution in [3.8, 4) is 11.8 Å². The zero-order valence-electron chi connectivity index (χ0n) is 13.6. The number of methoxy groups -OCH3 is 1. The molecule has 1 amide bonds. The highest BCUT2D eigenvalue weighted by molar-refractivity contribution is 5.99. The van der Waals surface area contributed by atoms with Crippen molar-refractivity contribution in [2.24, 2.45) is 0 Å². The Morgan fingerprint density at radius 1 is 1.36 bits per heavy atom. The van der Waals surface area contributed by atoms with Crippen molar-refractivity contribution in [2.75, 3.05) is 19.0 Å². The van der Waals surface area contributed by atoms with Gasteiger partial charge in [-0.05, 0) is 30.7 Å². The molecule has 1 aromatic heterocycles. The number of benzene rings is 1. The predicted molar refractivity (Wildman–Crippen MR) is 87.4 cm³/mol. The molecule has 0 aliphatic rings. The van der Waals surface area contributed by atoms with E-state index in [1.165, 1.54) is 19.3 Å².